The molecule has 25 heavy (non-hydrogen) atoms. The molecule has 1 fully saturated rings. The fourth-order valence-electron chi connectivity index (χ4n) is 3.43. The van der Waals surface area contributed by atoms with Crippen molar-refractivity contribution in [1.82, 2.24) is 20.0 Å². The molecule has 2 unspecified atom stereocenters. The quantitative estimate of drug-likeness (QED) is 0.859. The van der Waals surface area contributed by atoms with Gasteiger partial charge in [-0.3, -0.25) is 14.3 Å². The predicted octanol–water partition coefficient (Wildman–Crippen LogP) is 1.40. The Morgan fingerprint density at radius 3 is 2.92 bits per heavy atom. The van der Waals surface area contributed by atoms with Gasteiger partial charge in [-0.2, -0.15) is 5.10 Å². The maximum Gasteiger partial charge on any atom is 0.262 e. The van der Waals surface area contributed by atoms with Gasteiger partial charge < -0.3 is 16.0 Å². The third kappa shape index (κ3) is 3.41. The first-order chi connectivity index (χ1) is 11.9. The summed E-state index contributed by atoms with van der Waals surface area (Å²) < 4.78 is 1.78. The average Bonchev–Trinajstić information content (AvgIpc) is 3.16. The summed E-state index contributed by atoms with van der Waals surface area (Å²) in [6.07, 6.45) is 3.03. The topological polar surface area (TPSA) is 93.2 Å². The van der Waals surface area contributed by atoms with Crippen LogP contribution in [0.5, 0.6) is 0 Å². The summed E-state index contributed by atoms with van der Waals surface area (Å²) in [6.45, 7) is 4.85. The van der Waals surface area contributed by atoms with Crippen molar-refractivity contribution in [2.24, 2.45) is 12.8 Å². The van der Waals surface area contributed by atoms with Gasteiger partial charge in [0.05, 0.1) is 10.6 Å². The van der Waals surface area contributed by atoms with Crippen molar-refractivity contribution in [2.75, 3.05) is 13.1 Å². The zero-order valence-electron chi connectivity index (χ0n) is 14.9. The number of nitrogens with zero attached hydrogens (tertiary/aromatic N) is 3. The van der Waals surface area contributed by atoms with E-state index in [4.69, 9.17) is 5.73 Å². The monoisotopic (exact) mass is 363 g/mol. The van der Waals surface area contributed by atoms with Gasteiger partial charge in [0.25, 0.3) is 5.91 Å². The number of hydrogen-bond donors (Lipinski definition) is 2. The van der Waals surface area contributed by atoms with Crippen LogP contribution in [0, 0.1) is 6.92 Å². The van der Waals surface area contributed by atoms with Gasteiger partial charge in [-0.25, -0.2) is 0 Å². The molecule has 1 aliphatic rings. The van der Waals surface area contributed by atoms with Gasteiger partial charge in [0.1, 0.15) is 10.9 Å². The minimum atomic E-state index is -0.566. The number of thiophene rings is 1. The molecule has 1 saturated heterocycles. The highest BCUT2D eigenvalue weighted by Crippen LogP contribution is 2.27. The third-order valence-corrected chi connectivity index (χ3v) is 6.02. The average molecular weight is 363 g/mol. The Hall–Kier alpha value is -1.93. The van der Waals surface area contributed by atoms with Gasteiger partial charge in [-0.15, -0.1) is 11.3 Å². The molecule has 136 valence electrons. The van der Waals surface area contributed by atoms with Crippen molar-refractivity contribution in [2.45, 2.75) is 45.2 Å². The van der Waals surface area contributed by atoms with E-state index in [-0.39, 0.29) is 17.9 Å². The van der Waals surface area contributed by atoms with Crippen molar-refractivity contribution in [3.63, 3.8) is 0 Å². The van der Waals surface area contributed by atoms with E-state index in [1.807, 2.05) is 24.9 Å². The van der Waals surface area contributed by atoms with E-state index in [0.29, 0.717) is 18.0 Å². The van der Waals surface area contributed by atoms with Crippen molar-refractivity contribution < 1.29 is 9.59 Å². The molecule has 8 heteroatoms. The van der Waals surface area contributed by atoms with Crippen LogP contribution in [0.1, 0.15) is 41.6 Å². The normalized spacial score (nSPS) is 19.2. The van der Waals surface area contributed by atoms with E-state index in [9.17, 15) is 9.59 Å². The molecule has 1 aliphatic heterocycles. The molecule has 2 aromatic rings. The van der Waals surface area contributed by atoms with Crippen LogP contribution in [-0.4, -0.2) is 51.7 Å². The molecule has 0 aromatic carbocycles. The minimum absolute atomic E-state index is 0.0533. The number of hydrogen-bond acceptors (Lipinski definition) is 5. The van der Waals surface area contributed by atoms with E-state index in [1.54, 1.807) is 11.6 Å². The van der Waals surface area contributed by atoms with Crippen LogP contribution in [0.2, 0.25) is 0 Å². The van der Waals surface area contributed by atoms with Gasteiger partial charge in [0.2, 0.25) is 5.91 Å². The SMILES string of the molecule is Cc1nn(C)c2sc(C(=O)NC(C)C(=O)N3CCCCC3CN)cc12. The Bertz CT molecular complexity index is 762. The predicted molar refractivity (Wildman–Crippen MR) is 98.7 cm³/mol. The Kier molecular flexibility index (Phi) is 5.10. The third-order valence-electron chi connectivity index (χ3n) is 4.82. The number of amides is 2. The summed E-state index contributed by atoms with van der Waals surface area (Å²) in [5.74, 6) is -0.273. The van der Waals surface area contributed by atoms with E-state index in [1.165, 1.54) is 11.3 Å². The number of likely N-dealkylation sites (tertiary alicyclic amines) is 1. The van der Waals surface area contributed by atoms with E-state index in [0.717, 1.165) is 35.2 Å². The van der Waals surface area contributed by atoms with Crippen LogP contribution in [-0.2, 0) is 11.8 Å². The van der Waals surface area contributed by atoms with Crippen LogP contribution in [0.4, 0.5) is 0 Å². The maximum atomic E-state index is 12.7. The van der Waals surface area contributed by atoms with Crippen molar-refractivity contribution in [3.8, 4) is 0 Å². The number of aromatic nitrogens is 2. The van der Waals surface area contributed by atoms with Crippen molar-refractivity contribution >= 4 is 33.4 Å². The summed E-state index contributed by atoms with van der Waals surface area (Å²) in [6, 6.07) is 1.36. The van der Waals surface area contributed by atoms with Crippen LogP contribution in [0.3, 0.4) is 0 Å². The van der Waals surface area contributed by atoms with Crippen LogP contribution >= 0.6 is 11.3 Å². The fourth-order valence-corrected chi connectivity index (χ4v) is 4.46. The first kappa shape index (κ1) is 17.9. The molecule has 3 rings (SSSR count). The minimum Gasteiger partial charge on any atom is -0.340 e. The highest BCUT2D eigenvalue weighted by molar-refractivity contribution is 7.20. The van der Waals surface area contributed by atoms with Gasteiger partial charge >= 0.3 is 0 Å². The van der Waals surface area contributed by atoms with E-state index < -0.39 is 6.04 Å². The second kappa shape index (κ2) is 7.13. The lowest BCUT2D eigenvalue weighted by Gasteiger charge is -2.36. The Balaban J connectivity index is 1.70. The lowest BCUT2D eigenvalue weighted by molar-refractivity contribution is -0.136. The van der Waals surface area contributed by atoms with Gasteiger partial charge in [-0.05, 0) is 39.2 Å². The highest BCUT2D eigenvalue weighted by atomic mass is 32.1. The Morgan fingerprint density at radius 2 is 2.24 bits per heavy atom. The van der Waals surface area contributed by atoms with Gasteiger partial charge in [-0.1, -0.05) is 0 Å². The lowest BCUT2D eigenvalue weighted by Crippen LogP contribution is -2.54. The number of nitrogens with two attached hydrogens (primary N) is 1. The zero-order valence-corrected chi connectivity index (χ0v) is 15.7. The molecule has 0 radical (unpaired) electrons. The van der Waals surface area contributed by atoms with Gasteiger partial charge in [0.15, 0.2) is 0 Å². The van der Waals surface area contributed by atoms with E-state index in [2.05, 4.69) is 10.4 Å². The lowest BCUT2D eigenvalue weighted by atomic mass is 10.0. The summed E-state index contributed by atoms with van der Waals surface area (Å²) >= 11 is 1.39. The second-order valence-corrected chi connectivity index (χ2v) is 7.68. The molecule has 3 N–H and O–H groups in total. The standard InChI is InChI=1S/C17H25N5O2S/c1-10-13-8-14(25-17(13)21(3)20-10)15(23)19-11(2)16(24)22-7-5-4-6-12(22)9-18/h8,11-12H,4-7,9,18H2,1-3H3,(H,19,23). The molecule has 0 aliphatic carbocycles. The number of fused-ring (bicyclic) bond motifs is 1. The Labute approximate surface area is 151 Å². The maximum absolute atomic E-state index is 12.7. The molecule has 0 spiro atoms. The van der Waals surface area contributed by atoms with Crippen molar-refractivity contribution in [1.29, 1.82) is 0 Å². The number of carbonyl (C=O) groups excluding carboxylic acids is 2. The summed E-state index contributed by atoms with van der Waals surface area (Å²) in [4.78, 5) is 28.7. The molecule has 2 atom stereocenters. The van der Waals surface area contributed by atoms with Crippen LogP contribution < -0.4 is 11.1 Å². The molecule has 3 heterocycles. The first-order valence-electron chi connectivity index (χ1n) is 8.67. The van der Waals surface area contributed by atoms with Crippen molar-refractivity contribution in [3.05, 3.63) is 16.6 Å². The number of rotatable bonds is 4. The summed E-state index contributed by atoms with van der Waals surface area (Å²) in [7, 11) is 1.86. The molecule has 0 saturated carbocycles. The number of aryl methyl sites for hydroxylation is 2. The van der Waals surface area contributed by atoms with E-state index >= 15 is 0 Å². The highest BCUT2D eigenvalue weighted by Gasteiger charge is 2.30. The molecule has 7 nitrogen and oxygen atoms in total. The number of piperidine rings is 1. The molecular weight excluding hydrogens is 338 g/mol. The van der Waals surface area contributed by atoms with Crippen LogP contribution in [0.25, 0.3) is 10.2 Å². The summed E-state index contributed by atoms with van der Waals surface area (Å²) in [5, 5.41) is 8.16. The second-order valence-electron chi connectivity index (χ2n) is 6.65. The molecule has 2 aromatic heterocycles. The first-order valence-corrected chi connectivity index (χ1v) is 9.48. The molecular formula is C17H25N5O2S. The zero-order chi connectivity index (χ0) is 18.1. The largest absolute Gasteiger partial charge is 0.340 e. The summed E-state index contributed by atoms with van der Waals surface area (Å²) in [5.41, 5.74) is 6.69. The van der Waals surface area contributed by atoms with Gasteiger partial charge in [0, 0.05) is 31.6 Å². The molecule has 0 bridgehead atoms. The molecule has 2 amide bonds. The smallest absolute Gasteiger partial charge is 0.262 e. The Morgan fingerprint density at radius 1 is 1.48 bits per heavy atom. The number of carbonyl (C=O) groups is 2. The fraction of sp³-hybridized carbons (Fsp3) is 0.588. The van der Waals surface area contributed by atoms with Crippen LogP contribution in [0.15, 0.2) is 6.07 Å². The number of nitrogens with one attached hydrogen (secondary N) is 1.